The van der Waals surface area contributed by atoms with Gasteiger partial charge in [-0.1, -0.05) is 11.9 Å². The standard InChI is InChI=1S/C26H33F3N6O2S/c1-17-14-21(35-10-6-26(28,29)7-11-35)31-24(30-17)32-23(37)22-19(27)15-18(33-38-13-12-36)16-20(22)34-8-4-25(2-3-25)5-9-34/h14-16,33,36H,2-13H2,1H3,(H,30,31,32,37). The molecule has 3 N–H and O–H groups in total. The Balaban J connectivity index is 1.39. The average molecular weight is 551 g/mol. The van der Waals surface area contributed by atoms with Crippen molar-refractivity contribution >= 4 is 41.0 Å². The molecule has 1 spiro atoms. The Morgan fingerprint density at radius 2 is 1.71 bits per heavy atom. The average Bonchev–Trinajstić information content (AvgIpc) is 3.62. The van der Waals surface area contributed by atoms with Crippen molar-refractivity contribution in [1.82, 2.24) is 9.97 Å². The molecule has 8 nitrogen and oxygen atoms in total. The summed E-state index contributed by atoms with van der Waals surface area (Å²) in [5.41, 5.74) is 1.90. The number of carbonyl (C=O) groups is 1. The first-order chi connectivity index (χ1) is 18.2. The van der Waals surface area contributed by atoms with Gasteiger partial charge in [-0.2, -0.15) is 4.98 Å². The third-order valence-corrected chi connectivity index (χ3v) is 8.45. The molecule has 3 heterocycles. The topological polar surface area (TPSA) is 93.6 Å². The number of carbonyl (C=O) groups excluding carboxylic acids is 1. The number of alkyl halides is 2. The van der Waals surface area contributed by atoms with Gasteiger partial charge >= 0.3 is 0 Å². The van der Waals surface area contributed by atoms with Crippen LogP contribution in [0.3, 0.4) is 0 Å². The molecule has 0 atom stereocenters. The zero-order chi connectivity index (χ0) is 26.9. The number of hydrogen-bond acceptors (Lipinski definition) is 8. The Bertz CT molecular complexity index is 1180. The maximum absolute atomic E-state index is 15.5. The first kappa shape index (κ1) is 26.9. The van der Waals surface area contributed by atoms with Crippen LogP contribution in [0.15, 0.2) is 18.2 Å². The number of piperidine rings is 2. The van der Waals surface area contributed by atoms with Crippen LogP contribution >= 0.6 is 11.9 Å². The van der Waals surface area contributed by atoms with Gasteiger partial charge in [0.05, 0.1) is 17.9 Å². The Morgan fingerprint density at radius 3 is 2.37 bits per heavy atom. The summed E-state index contributed by atoms with van der Waals surface area (Å²) in [7, 11) is 0. The van der Waals surface area contributed by atoms with Crippen LogP contribution in [-0.2, 0) is 0 Å². The third-order valence-electron chi connectivity index (χ3n) is 7.69. The van der Waals surface area contributed by atoms with E-state index in [0.29, 0.717) is 34.1 Å². The molecular weight excluding hydrogens is 517 g/mol. The summed E-state index contributed by atoms with van der Waals surface area (Å²) >= 11 is 1.26. The smallest absolute Gasteiger partial charge is 0.263 e. The van der Waals surface area contributed by atoms with E-state index in [4.69, 9.17) is 5.11 Å². The number of benzene rings is 1. The van der Waals surface area contributed by atoms with Crippen molar-refractivity contribution < 1.29 is 23.1 Å². The summed E-state index contributed by atoms with van der Waals surface area (Å²) in [4.78, 5) is 26.0. The van der Waals surface area contributed by atoms with E-state index >= 15 is 4.39 Å². The molecule has 2 saturated heterocycles. The predicted molar refractivity (Wildman–Crippen MR) is 144 cm³/mol. The highest BCUT2D eigenvalue weighted by Gasteiger charge is 2.45. The molecule has 2 aliphatic heterocycles. The van der Waals surface area contributed by atoms with Gasteiger partial charge in [0.1, 0.15) is 11.6 Å². The van der Waals surface area contributed by atoms with Crippen LogP contribution in [-0.4, -0.2) is 65.4 Å². The lowest BCUT2D eigenvalue weighted by Gasteiger charge is -2.35. The highest BCUT2D eigenvalue weighted by molar-refractivity contribution is 8.00. The number of hydrogen-bond donors (Lipinski definition) is 3. The maximum Gasteiger partial charge on any atom is 0.263 e. The summed E-state index contributed by atoms with van der Waals surface area (Å²) < 4.78 is 45.8. The van der Waals surface area contributed by atoms with Gasteiger partial charge in [0.2, 0.25) is 5.95 Å². The lowest BCUT2D eigenvalue weighted by Crippen LogP contribution is -2.40. The van der Waals surface area contributed by atoms with E-state index in [1.54, 1.807) is 24.0 Å². The van der Waals surface area contributed by atoms with Crippen LogP contribution in [0.25, 0.3) is 0 Å². The lowest BCUT2D eigenvalue weighted by molar-refractivity contribution is -0.0221. The minimum atomic E-state index is -2.69. The molecule has 0 bridgehead atoms. The summed E-state index contributed by atoms with van der Waals surface area (Å²) in [6, 6.07) is 4.73. The molecule has 1 aromatic carbocycles. The Labute approximate surface area is 224 Å². The van der Waals surface area contributed by atoms with Crippen molar-refractivity contribution in [3.63, 3.8) is 0 Å². The largest absolute Gasteiger partial charge is 0.395 e. The zero-order valence-electron chi connectivity index (χ0n) is 21.4. The predicted octanol–water partition coefficient (Wildman–Crippen LogP) is 4.84. The van der Waals surface area contributed by atoms with Gasteiger partial charge < -0.3 is 19.6 Å². The van der Waals surface area contributed by atoms with Crippen LogP contribution in [0.5, 0.6) is 0 Å². The summed E-state index contributed by atoms with van der Waals surface area (Å²) in [6.45, 7) is 3.48. The van der Waals surface area contributed by atoms with E-state index in [9.17, 15) is 13.6 Å². The van der Waals surface area contributed by atoms with Crippen LogP contribution in [0.4, 0.5) is 36.3 Å². The molecule has 206 valence electrons. The molecule has 38 heavy (non-hydrogen) atoms. The second-order valence-electron chi connectivity index (χ2n) is 10.5. The number of aromatic nitrogens is 2. The molecule has 0 unspecified atom stereocenters. The third kappa shape index (κ3) is 6.12. The van der Waals surface area contributed by atoms with E-state index in [0.717, 1.165) is 25.9 Å². The Morgan fingerprint density at radius 1 is 1.03 bits per heavy atom. The molecule has 0 radical (unpaired) electrons. The highest BCUT2D eigenvalue weighted by atomic mass is 32.2. The first-order valence-electron chi connectivity index (χ1n) is 13.0. The van der Waals surface area contributed by atoms with Gasteiger partial charge in [-0.05, 0) is 50.2 Å². The number of amides is 1. The van der Waals surface area contributed by atoms with Gasteiger partial charge in [-0.25, -0.2) is 18.2 Å². The molecule has 1 aromatic heterocycles. The number of nitrogens with zero attached hydrogens (tertiary/aromatic N) is 4. The fourth-order valence-electron chi connectivity index (χ4n) is 5.20. The normalized spacial score (nSPS) is 19.9. The minimum Gasteiger partial charge on any atom is -0.395 e. The molecule has 12 heteroatoms. The SMILES string of the molecule is Cc1cc(N2CCC(F)(F)CC2)nc(NC(=O)c2c(F)cc(NSCCO)cc2N2CCC3(CC2)CC3)n1. The van der Waals surface area contributed by atoms with E-state index < -0.39 is 17.6 Å². The first-order valence-corrected chi connectivity index (χ1v) is 14.0. The Hall–Kier alpha value is -2.73. The van der Waals surface area contributed by atoms with Crippen molar-refractivity contribution in [2.45, 2.75) is 51.4 Å². The number of rotatable bonds is 8. The number of aryl methyl sites for hydroxylation is 1. The number of anilines is 4. The molecule has 1 saturated carbocycles. The van der Waals surface area contributed by atoms with E-state index in [-0.39, 0.29) is 44.0 Å². The molecule has 1 amide bonds. The van der Waals surface area contributed by atoms with Gasteiger partial charge in [0.15, 0.2) is 0 Å². The van der Waals surface area contributed by atoms with Gasteiger partial charge in [0.25, 0.3) is 11.8 Å². The fraction of sp³-hybridized carbons (Fsp3) is 0.577. The Kier molecular flexibility index (Phi) is 7.63. The summed E-state index contributed by atoms with van der Waals surface area (Å²) in [5.74, 6) is -3.13. The minimum absolute atomic E-state index is 0.00367. The van der Waals surface area contributed by atoms with Crippen molar-refractivity contribution in [2.75, 3.05) is 58.4 Å². The second kappa shape index (κ2) is 10.8. The number of halogens is 3. The van der Waals surface area contributed by atoms with Crippen molar-refractivity contribution in [3.05, 3.63) is 35.3 Å². The molecule has 1 aliphatic carbocycles. The molecule has 2 aromatic rings. The second-order valence-corrected chi connectivity index (χ2v) is 11.4. The van der Waals surface area contributed by atoms with Gasteiger partial charge in [-0.3, -0.25) is 10.1 Å². The molecule has 3 aliphatic rings. The monoisotopic (exact) mass is 550 g/mol. The van der Waals surface area contributed by atoms with Crippen LogP contribution in [0.2, 0.25) is 0 Å². The fourth-order valence-corrected chi connectivity index (χ4v) is 5.68. The molecular formula is C26H33F3N6O2S. The highest BCUT2D eigenvalue weighted by Crippen LogP contribution is 2.54. The van der Waals surface area contributed by atoms with Crippen molar-refractivity contribution in [1.29, 1.82) is 0 Å². The molecule has 5 rings (SSSR count). The van der Waals surface area contributed by atoms with Gasteiger partial charge in [0, 0.05) is 62.2 Å². The van der Waals surface area contributed by atoms with Crippen molar-refractivity contribution in [2.24, 2.45) is 5.41 Å². The van der Waals surface area contributed by atoms with Crippen LogP contribution < -0.4 is 19.8 Å². The number of aliphatic hydroxyl groups is 1. The van der Waals surface area contributed by atoms with E-state index in [2.05, 4.69) is 24.9 Å². The van der Waals surface area contributed by atoms with Crippen LogP contribution in [0, 0.1) is 18.2 Å². The number of nitrogens with one attached hydrogen (secondary N) is 2. The van der Waals surface area contributed by atoms with E-state index in [1.165, 1.54) is 30.9 Å². The number of aliphatic hydroxyl groups excluding tert-OH is 1. The van der Waals surface area contributed by atoms with E-state index in [1.807, 2.05) is 0 Å². The van der Waals surface area contributed by atoms with Gasteiger partial charge in [-0.15, -0.1) is 0 Å². The summed E-state index contributed by atoms with van der Waals surface area (Å²) in [5, 5.41) is 11.7. The lowest BCUT2D eigenvalue weighted by atomic mass is 9.93. The summed E-state index contributed by atoms with van der Waals surface area (Å²) in [6.07, 6.45) is 3.94. The van der Waals surface area contributed by atoms with Crippen molar-refractivity contribution in [3.8, 4) is 0 Å². The van der Waals surface area contributed by atoms with Crippen LogP contribution in [0.1, 0.15) is 54.6 Å². The maximum atomic E-state index is 15.5. The quantitative estimate of drug-likeness (QED) is 0.318. The zero-order valence-corrected chi connectivity index (χ0v) is 22.2. The molecule has 3 fully saturated rings.